The van der Waals surface area contributed by atoms with Gasteiger partial charge in [-0.25, -0.2) is 4.39 Å². The molecule has 0 aliphatic rings. The zero-order valence-electron chi connectivity index (χ0n) is 14.2. The second kappa shape index (κ2) is 9.72. The van der Waals surface area contributed by atoms with Crippen LogP contribution in [0.15, 0.2) is 53.4 Å². The van der Waals surface area contributed by atoms with Gasteiger partial charge in [0.25, 0.3) is 5.91 Å². The van der Waals surface area contributed by atoms with Crippen LogP contribution in [0.25, 0.3) is 0 Å². The van der Waals surface area contributed by atoms with Gasteiger partial charge in [0.1, 0.15) is 5.82 Å². The van der Waals surface area contributed by atoms with Gasteiger partial charge in [0.05, 0.1) is 6.42 Å². The molecule has 0 unspecified atom stereocenters. The van der Waals surface area contributed by atoms with Crippen molar-refractivity contribution in [1.82, 2.24) is 0 Å². The average molecular weight is 375 g/mol. The molecule has 0 aromatic heterocycles. The van der Waals surface area contributed by atoms with Crippen LogP contribution in [0.3, 0.4) is 0 Å². The van der Waals surface area contributed by atoms with Crippen LogP contribution in [0.2, 0.25) is 0 Å². The number of thioether (sulfide) groups is 1. The molecule has 0 atom stereocenters. The van der Waals surface area contributed by atoms with E-state index in [1.54, 1.807) is 36.4 Å². The third kappa shape index (κ3) is 6.68. The number of carbonyl (C=O) groups is 3. The number of hydrogen-bond acceptors (Lipinski definition) is 5. The molecule has 7 heteroatoms. The maximum atomic E-state index is 12.8. The van der Waals surface area contributed by atoms with E-state index in [9.17, 15) is 18.8 Å². The lowest BCUT2D eigenvalue weighted by Crippen LogP contribution is -2.21. The third-order valence-electron chi connectivity index (χ3n) is 3.31. The van der Waals surface area contributed by atoms with Gasteiger partial charge in [-0.15, -0.1) is 11.8 Å². The fourth-order valence-corrected chi connectivity index (χ4v) is 2.85. The molecule has 2 rings (SSSR count). The second-order valence-corrected chi connectivity index (χ2v) is 6.57. The Hall–Kier alpha value is -2.67. The monoisotopic (exact) mass is 375 g/mol. The Morgan fingerprint density at radius 3 is 2.54 bits per heavy atom. The Morgan fingerprint density at radius 1 is 1.12 bits per heavy atom. The molecule has 0 heterocycles. The fourth-order valence-electron chi connectivity index (χ4n) is 2.01. The van der Waals surface area contributed by atoms with E-state index in [0.29, 0.717) is 17.0 Å². The zero-order chi connectivity index (χ0) is 18.9. The highest BCUT2D eigenvalue weighted by molar-refractivity contribution is 7.99. The molecule has 136 valence electrons. The number of hydrogen-bond donors (Lipinski definition) is 1. The van der Waals surface area contributed by atoms with Crippen LogP contribution in [-0.4, -0.2) is 30.0 Å². The van der Waals surface area contributed by atoms with Crippen molar-refractivity contribution in [2.75, 3.05) is 17.7 Å². The third-order valence-corrected chi connectivity index (χ3v) is 4.32. The molecule has 0 spiro atoms. The lowest BCUT2D eigenvalue weighted by atomic mass is 10.1. The number of ketones is 1. The van der Waals surface area contributed by atoms with Crippen LogP contribution < -0.4 is 5.32 Å². The summed E-state index contributed by atoms with van der Waals surface area (Å²) in [6, 6.07) is 12.5. The smallest absolute Gasteiger partial charge is 0.307 e. The van der Waals surface area contributed by atoms with Gasteiger partial charge in [-0.2, -0.15) is 0 Å². The van der Waals surface area contributed by atoms with Crippen LogP contribution in [-0.2, 0) is 14.3 Å². The molecule has 0 saturated carbocycles. The van der Waals surface area contributed by atoms with E-state index in [4.69, 9.17) is 4.74 Å². The summed E-state index contributed by atoms with van der Waals surface area (Å²) < 4.78 is 17.7. The molecule has 5 nitrogen and oxygen atoms in total. The van der Waals surface area contributed by atoms with Crippen molar-refractivity contribution in [3.05, 3.63) is 59.9 Å². The minimum atomic E-state index is -0.493. The number of carbonyl (C=O) groups excluding carboxylic acids is 3. The minimum Gasteiger partial charge on any atom is -0.456 e. The van der Waals surface area contributed by atoms with Gasteiger partial charge in [-0.1, -0.05) is 12.1 Å². The molecule has 0 aliphatic heterocycles. The number of amides is 1. The van der Waals surface area contributed by atoms with Gasteiger partial charge in [0.2, 0.25) is 0 Å². The van der Waals surface area contributed by atoms with E-state index in [1.165, 1.54) is 30.8 Å². The Morgan fingerprint density at radius 2 is 1.85 bits per heavy atom. The molecule has 26 heavy (non-hydrogen) atoms. The highest BCUT2D eigenvalue weighted by Crippen LogP contribution is 2.19. The maximum absolute atomic E-state index is 12.8. The highest BCUT2D eigenvalue weighted by Gasteiger charge is 2.09. The molecule has 0 fully saturated rings. The number of anilines is 1. The maximum Gasteiger partial charge on any atom is 0.307 e. The van der Waals surface area contributed by atoms with E-state index in [1.807, 2.05) is 0 Å². The Labute approximate surface area is 154 Å². The molecule has 2 aromatic rings. The second-order valence-electron chi connectivity index (χ2n) is 5.40. The van der Waals surface area contributed by atoms with Crippen LogP contribution in [0.4, 0.5) is 10.1 Å². The molecule has 0 saturated heterocycles. The van der Waals surface area contributed by atoms with Crippen LogP contribution >= 0.6 is 11.8 Å². The Kier molecular flexibility index (Phi) is 7.35. The molecule has 1 N–H and O–H groups in total. The van der Waals surface area contributed by atoms with Crippen molar-refractivity contribution >= 4 is 35.1 Å². The first kappa shape index (κ1) is 19.7. The summed E-state index contributed by atoms with van der Waals surface area (Å²) in [6.07, 6.45) is 0.134. The SMILES string of the molecule is CC(=O)c1cccc(NC(=O)COC(=O)CCSc2ccc(F)cc2)c1. The van der Waals surface area contributed by atoms with Crippen LogP contribution in [0, 0.1) is 5.82 Å². The number of ether oxygens (including phenoxy) is 1. The number of rotatable bonds is 8. The molecular formula is C19H18FNO4S. The summed E-state index contributed by atoms with van der Waals surface area (Å²) in [4.78, 5) is 35.6. The number of esters is 1. The van der Waals surface area contributed by atoms with Gasteiger partial charge in [-0.05, 0) is 43.3 Å². The molecule has 1 amide bonds. The number of nitrogens with one attached hydrogen (secondary N) is 1. The summed E-state index contributed by atoms with van der Waals surface area (Å²) in [5, 5.41) is 2.57. The fraction of sp³-hybridized carbons (Fsp3) is 0.211. The number of halogens is 1. The van der Waals surface area contributed by atoms with Gasteiger partial charge in [0, 0.05) is 21.9 Å². The predicted molar refractivity (Wildman–Crippen MR) is 97.8 cm³/mol. The first-order chi connectivity index (χ1) is 12.4. The van der Waals surface area contributed by atoms with E-state index in [2.05, 4.69) is 5.32 Å². The van der Waals surface area contributed by atoms with Gasteiger partial charge >= 0.3 is 5.97 Å². The summed E-state index contributed by atoms with van der Waals surface area (Å²) in [6.45, 7) is 1.04. The first-order valence-electron chi connectivity index (χ1n) is 7.89. The van der Waals surface area contributed by atoms with Crippen molar-refractivity contribution in [2.45, 2.75) is 18.2 Å². The topological polar surface area (TPSA) is 72.5 Å². The van der Waals surface area contributed by atoms with Crippen molar-refractivity contribution in [3.63, 3.8) is 0 Å². The molecule has 0 bridgehead atoms. The lowest BCUT2D eigenvalue weighted by molar-refractivity contribution is -0.146. The zero-order valence-corrected chi connectivity index (χ0v) is 15.0. The molecule has 0 aliphatic carbocycles. The van der Waals surface area contributed by atoms with Crippen molar-refractivity contribution in [2.24, 2.45) is 0 Å². The predicted octanol–water partition coefficient (Wildman–Crippen LogP) is 3.69. The highest BCUT2D eigenvalue weighted by atomic mass is 32.2. The van der Waals surface area contributed by atoms with E-state index >= 15 is 0 Å². The average Bonchev–Trinajstić information content (AvgIpc) is 2.62. The van der Waals surface area contributed by atoms with E-state index in [-0.39, 0.29) is 18.0 Å². The summed E-state index contributed by atoms with van der Waals surface area (Å²) in [7, 11) is 0. The summed E-state index contributed by atoms with van der Waals surface area (Å²) in [5.74, 6) is -0.926. The van der Waals surface area contributed by atoms with E-state index < -0.39 is 18.5 Å². The molecule has 0 radical (unpaired) electrons. The lowest BCUT2D eigenvalue weighted by Gasteiger charge is -2.07. The van der Waals surface area contributed by atoms with Gasteiger partial charge in [0.15, 0.2) is 12.4 Å². The van der Waals surface area contributed by atoms with Crippen molar-refractivity contribution < 1.29 is 23.5 Å². The van der Waals surface area contributed by atoms with Crippen LogP contribution in [0.5, 0.6) is 0 Å². The van der Waals surface area contributed by atoms with Crippen molar-refractivity contribution in [3.8, 4) is 0 Å². The number of benzene rings is 2. The van der Waals surface area contributed by atoms with E-state index in [0.717, 1.165) is 4.90 Å². The summed E-state index contributed by atoms with van der Waals surface area (Å²) >= 11 is 1.40. The standard InChI is InChI=1S/C19H18FNO4S/c1-13(22)14-3-2-4-16(11-14)21-18(23)12-25-19(24)9-10-26-17-7-5-15(20)6-8-17/h2-8,11H,9-10,12H2,1H3,(H,21,23). The summed E-state index contributed by atoms with van der Waals surface area (Å²) in [5.41, 5.74) is 0.947. The largest absolute Gasteiger partial charge is 0.456 e. The minimum absolute atomic E-state index is 0.105. The van der Waals surface area contributed by atoms with Crippen molar-refractivity contribution in [1.29, 1.82) is 0 Å². The number of Topliss-reactive ketones (excluding diaryl/α,β-unsaturated/α-hetero) is 1. The first-order valence-corrected chi connectivity index (χ1v) is 8.87. The normalized spacial score (nSPS) is 10.2. The Balaban J connectivity index is 1.69. The van der Waals surface area contributed by atoms with Gasteiger partial charge in [-0.3, -0.25) is 14.4 Å². The molecule has 2 aromatic carbocycles. The van der Waals surface area contributed by atoms with Crippen LogP contribution in [0.1, 0.15) is 23.7 Å². The molecular weight excluding hydrogens is 357 g/mol. The van der Waals surface area contributed by atoms with Gasteiger partial charge < -0.3 is 10.1 Å². The quantitative estimate of drug-likeness (QED) is 0.433. The Bertz CT molecular complexity index is 792.